The first-order valence-corrected chi connectivity index (χ1v) is 7.53. The van der Waals surface area contributed by atoms with Crippen LogP contribution in [0.1, 0.15) is 17.2 Å². The second kappa shape index (κ2) is 7.10. The number of nitro benzene ring substituents is 2. The van der Waals surface area contributed by atoms with Crippen LogP contribution < -0.4 is 0 Å². The molecule has 0 aliphatic heterocycles. The van der Waals surface area contributed by atoms with Gasteiger partial charge in [0, 0.05) is 24.3 Å². The Kier molecular flexibility index (Phi) is 5.17. The predicted molar refractivity (Wildman–Crippen MR) is 80.3 cm³/mol. The van der Waals surface area contributed by atoms with Crippen molar-refractivity contribution in [3.63, 3.8) is 0 Å². The first-order valence-electron chi connectivity index (χ1n) is 6.27. The van der Waals surface area contributed by atoms with E-state index in [2.05, 4.69) is 0 Å². The van der Waals surface area contributed by atoms with E-state index in [1.807, 2.05) is 0 Å². The maximum Gasteiger partial charge on any atom is 0.317 e. The van der Waals surface area contributed by atoms with Crippen molar-refractivity contribution in [2.24, 2.45) is 0 Å². The largest absolute Gasteiger partial charge is 0.326 e. The van der Waals surface area contributed by atoms with Crippen molar-refractivity contribution in [3.05, 3.63) is 79.9 Å². The lowest BCUT2D eigenvalue weighted by Crippen LogP contribution is -2.03. The Bertz CT molecular complexity index is 688. The van der Waals surface area contributed by atoms with Crippen LogP contribution in [-0.4, -0.2) is 14.7 Å². The van der Waals surface area contributed by atoms with E-state index in [1.54, 1.807) is 0 Å². The third-order valence-corrected chi connectivity index (χ3v) is 3.47. The molecule has 2 rings (SSSR count). The van der Waals surface area contributed by atoms with Crippen LogP contribution in [0, 0.1) is 20.2 Å². The summed E-state index contributed by atoms with van der Waals surface area (Å²) in [6.45, 7) is 0. The first-order chi connectivity index (χ1) is 10.9. The second-order valence-electron chi connectivity index (χ2n) is 4.46. The fourth-order valence-corrected chi connectivity index (χ4v) is 2.44. The van der Waals surface area contributed by atoms with E-state index < -0.39 is 24.2 Å². The van der Waals surface area contributed by atoms with Gasteiger partial charge in [-0.05, 0) is 35.4 Å². The van der Waals surface area contributed by atoms with E-state index in [0.717, 1.165) is 0 Å². The zero-order valence-corrected chi connectivity index (χ0v) is 12.5. The molecular formula is C13H11N2O7P. The molecule has 0 amide bonds. The molecule has 0 bridgehead atoms. The molecule has 0 aliphatic carbocycles. The summed E-state index contributed by atoms with van der Waals surface area (Å²) >= 11 is 0. The molecule has 0 saturated heterocycles. The minimum Gasteiger partial charge on any atom is -0.326 e. The van der Waals surface area contributed by atoms with Crippen molar-refractivity contribution in [1.29, 1.82) is 0 Å². The van der Waals surface area contributed by atoms with Gasteiger partial charge in [0.15, 0.2) is 0 Å². The van der Waals surface area contributed by atoms with Crippen molar-refractivity contribution >= 4 is 19.6 Å². The fraction of sp³-hybridized carbons (Fsp3) is 0.0769. The lowest BCUT2D eigenvalue weighted by molar-refractivity contribution is -0.385. The van der Waals surface area contributed by atoms with Gasteiger partial charge in [-0.3, -0.25) is 29.3 Å². The van der Waals surface area contributed by atoms with Gasteiger partial charge in [-0.2, -0.15) is 0 Å². The summed E-state index contributed by atoms with van der Waals surface area (Å²) in [4.78, 5) is 29.2. The van der Waals surface area contributed by atoms with Crippen molar-refractivity contribution in [1.82, 2.24) is 0 Å². The molecule has 1 atom stereocenters. The van der Waals surface area contributed by atoms with E-state index >= 15 is 0 Å². The van der Waals surface area contributed by atoms with Gasteiger partial charge in [-0.15, -0.1) is 0 Å². The van der Waals surface area contributed by atoms with E-state index in [9.17, 15) is 24.8 Å². The molecule has 23 heavy (non-hydrogen) atoms. The standard InChI is InChI=1S/C13H11N2O7P/c16-14(17)11-5-1-9(2-6-11)13(22-23(20)21)10-3-7-12(8-4-10)15(18)19/h1-8,13,23H,(H,20,21). The van der Waals surface area contributed by atoms with Crippen LogP contribution in [0.5, 0.6) is 0 Å². The normalized spacial score (nSPS) is 12.1. The topological polar surface area (TPSA) is 133 Å². The van der Waals surface area contributed by atoms with Gasteiger partial charge in [0.1, 0.15) is 6.10 Å². The van der Waals surface area contributed by atoms with Crippen LogP contribution in [0.2, 0.25) is 0 Å². The highest BCUT2D eigenvalue weighted by molar-refractivity contribution is 7.32. The van der Waals surface area contributed by atoms with Gasteiger partial charge < -0.3 is 4.89 Å². The molecule has 0 aliphatic rings. The lowest BCUT2D eigenvalue weighted by Gasteiger charge is -2.16. The Labute approximate surface area is 130 Å². The van der Waals surface area contributed by atoms with Crippen molar-refractivity contribution in [2.75, 3.05) is 0 Å². The van der Waals surface area contributed by atoms with Crippen LogP contribution in [0.25, 0.3) is 0 Å². The maximum absolute atomic E-state index is 11.1. The fourth-order valence-electron chi connectivity index (χ4n) is 1.97. The minimum absolute atomic E-state index is 0.132. The van der Waals surface area contributed by atoms with Gasteiger partial charge in [0.2, 0.25) is 0 Å². The highest BCUT2D eigenvalue weighted by atomic mass is 31.1. The molecular weight excluding hydrogens is 327 g/mol. The Balaban J connectivity index is 2.38. The molecule has 0 saturated carbocycles. The van der Waals surface area contributed by atoms with Gasteiger partial charge >= 0.3 is 8.25 Å². The molecule has 2 aromatic rings. The lowest BCUT2D eigenvalue weighted by atomic mass is 10.0. The van der Waals surface area contributed by atoms with Crippen molar-refractivity contribution in [3.8, 4) is 0 Å². The molecule has 1 N–H and O–H groups in total. The van der Waals surface area contributed by atoms with E-state index in [4.69, 9.17) is 9.42 Å². The highest BCUT2D eigenvalue weighted by Gasteiger charge is 2.19. The summed E-state index contributed by atoms with van der Waals surface area (Å²) in [7, 11) is -3.30. The number of benzene rings is 2. The average molecular weight is 338 g/mol. The Hall–Kier alpha value is -2.61. The summed E-state index contributed by atoms with van der Waals surface area (Å²) < 4.78 is 16.0. The van der Waals surface area contributed by atoms with E-state index in [-0.39, 0.29) is 11.4 Å². The van der Waals surface area contributed by atoms with Crippen LogP contribution in [-0.2, 0) is 9.09 Å². The Morgan fingerprint density at radius 2 is 1.22 bits per heavy atom. The summed E-state index contributed by atoms with van der Waals surface area (Å²) in [6.07, 6.45) is -0.965. The SMILES string of the molecule is O=[N+]([O-])c1ccc(C(O[PH](=O)O)c2ccc([N+](=O)[O-])cc2)cc1. The van der Waals surface area contributed by atoms with Gasteiger partial charge in [-0.1, -0.05) is 0 Å². The van der Waals surface area contributed by atoms with Gasteiger partial charge in [0.05, 0.1) is 9.85 Å². The number of hydrogen-bond acceptors (Lipinski definition) is 6. The molecule has 10 heteroatoms. The van der Waals surface area contributed by atoms with Gasteiger partial charge in [-0.25, -0.2) is 0 Å². The molecule has 1 unspecified atom stereocenters. The van der Waals surface area contributed by atoms with Crippen LogP contribution in [0.15, 0.2) is 48.5 Å². The molecule has 2 aromatic carbocycles. The minimum atomic E-state index is -3.30. The summed E-state index contributed by atoms with van der Waals surface area (Å²) in [5.41, 5.74) is 0.564. The maximum atomic E-state index is 11.1. The summed E-state index contributed by atoms with van der Waals surface area (Å²) in [5, 5.41) is 21.3. The number of hydrogen-bond donors (Lipinski definition) is 1. The molecule has 0 spiro atoms. The highest BCUT2D eigenvalue weighted by Crippen LogP contribution is 2.35. The predicted octanol–water partition coefficient (Wildman–Crippen LogP) is 2.99. The smallest absolute Gasteiger partial charge is 0.317 e. The quantitative estimate of drug-likeness (QED) is 0.486. The third-order valence-electron chi connectivity index (χ3n) is 3.03. The summed E-state index contributed by atoms with van der Waals surface area (Å²) in [6, 6.07) is 10.6. The third kappa shape index (κ3) is 4.19. The number of non-ortho nitro benzene ring substituents is 2. The summed E-state index contributed by atoms with van der Waals surface area (Å²) in [5.74, 6) is 0. The number of rotatable bonds is 6. The Morgan fingerprint density at radius 3 is 1.48 bits per heavy atom. The molecule has 0 fully saturated rings. The second-order valence-corrected chi connectivity index (χ2v) is 5.23. The van der Waals surface area contributed by atoms with Crippen LogP contribution in [0.3, 0.4) is 0 Å². The molecule has 0 heterocycles. The zero-order chi connectivity index (χ0) is 17.0. The van der Waals surface area contributed by atoms with E-state index in [0.29, 0.717) is 11.1 Å². The monoisotopic (exact) mass is 338 g/mol. The van der Waals surface area contributed by atoms with Crippen LogP contribution in [0.4, 0.5) is 11.4 Å². The Morgan fingerprint density at radius 1 is 0.870 bits per heavy atom. The van der Waals surface area contributed by atoms with Gasteiger partial charge in [0.25, 0.3) is 11.4 Å². The molecule has 0 aromatic heterocycles. The van der Waals surface area contributed by atoms with E-state index in [1.165, 1.54) is 48.5 Å². The molecule has 9 nitrogen and oxygen atoms in total. The molecule has 120 valence electrons. The number of nitro groups is 2. The van der Waals surface area contributed by atoms with Crippen LogP contribution >= 0.6 is 8.25 Å². The molecule has 0 radical (unpaired) electrons. The van der Waals surface area contributed by atoms with Crippen molar-refractivity contribution < 1.29 is 23.8 Å². The first kappa shape index (κ1) is 16.8. The number of nitrogens with zero attached hydrogens (tertiary/aromatic N) is 2. The van der Waals surface area contributed by atoms with Crippen molar-refractivity contribution in [2.45, 2.75) is 6.10 Å². The average Bonchev–Trinajstić information content (AvgIpc) is 2.52. The zero-order valence-electron chi connectivity index (χ0n) is 11.5.